The molecule has 5 rings (SSSR count). The molecular weight excluding hydrogens is 416 g/mol. The maximum absolute atomic E-state index is 12.0. The monoisotopic (exact) mass is 440 g/mol. The van der Waals surface area contributed by atoms with Crippen LogP contribution in [0.15, 0.2) is 41.5 Å². The summed E-state index contributed by atoms with van der Waals surface area (Å²) in [6.45, 7) is 3.26. The van der Waals surface area contributed by atoms with Gasteiger partial charge in [0, 0.05) is 13.0 Å². The molecular formula is C22H24N4O4S. The zero-order valence-electron chi connectivity index (χ0n) is 17.5. The van der Waals surface area contributed by atoms with Crippen molar-refractivity contribution in [3.8, 4) is 11.5 Å². The molecule has 31 heavy (non-hydrogen) atoms. The number of fused-ring (bicyclic) bond motifs is 2. The standard InChI is InChI=1S/C22H24N4O4S/c1-14(23)26-20(16-4-6-21-22(12-16)30-10-9-29-21)13-18(24-26)15-3-5-19-17(11-15)7-8-25(19)31(2,27)28/h3-6,11-12,20,23H,7-10,13H2,1-2H3. The molecule has 3 aliphatic rings. The number of rotatable bonds is 3. The number of hydrogen-bond acceptors (Lipinski definition) is 6. The van der Waals surface area contributed by atoms with Gasteiger partial charge in [-0.25, -0.2) is 13.4 Å². The molecule has 3 heterocycles. The lowest BCUT2D eigenvalue weighted by Gasteiger charge is -2.24. The highest BCUT2D eigenvalue weighted by Gasteiger charge is 2.32. The minimum Gasteiger partial charge on any atom is -0.486 e. The van der Waals surface area contributed by atoms with E-state index in [1.807, 2.05) is 36.4 Å². The van der Waals surface area contributed by atoms with Gasteiger partial charge in [-0.2, -0.15) is 5.10 Å². The maximum Gasteiger partial charge on any atom is 0.232 e. The van der Waals surface area contributed by atoms with Crippen molar-refractivity contribution in [1.29, 1.82) is 5.41 Å². The molecule has 0 bridgehead atoms. The first-order chi connectivity index (χ1) is 14.8. The lowest BCUT2D eigenvalue weighted by atomic mass is 9.96. The number of nitrogens with zero attached hydrogens (tertiary/aromatic N) is 3. The number of sulfonamides is 1. The second-order valence-corrected chi connectivity index (χ2v) is 9.94. The van der Waals surface area contributed by atoms with Gasteiger partial charge in [-0.15, -0.1) is 0 Å². The zero-order chi connectivity index (χ0) is 21.8. The van der Waals surface area contributed by atoms with Crippen molar-refractivity contribution >= 4 is 27.3 Å². The van der Waals surface area contributed by atoms with Gasteiger partial charge in [-0.1, -0.05) is 12.1 Å². The molecule has 0 spiro atoms. The summed E-state index contributed by atoms with van der Waals surface area (Å²) in [6.07, 6.45) is 2.56. The number of nitrogens with one attached hydrogen (secondary N) is 1. The summed E-state index contributed by atoms with van der Waals surface area (Å²) < 4.78 is 36.8. The normalized spacial score (nSPS) is 19.9. The minimum atomic E-state index is -3.28. The predicted molar refractivity (Wildman–Crippen MR) is 119 cm³/mol. The summed E-state index contributed by atoms with van der Waals surface area (Å²) >= 11 is 0. The van der Waals surface area contributed by atoms with Gasteiger partial charge in [-0.05, 0) is 54.3 Å². The van der Waals surface area contributed by atoms with Gasteiger partial charge in [0.25, 0.3) is 0 Å². The molecule has 1 N–H and O–H groups in total. The van der Waals surface area contributed by atoms with E-state index in [-0.39, 0.29) is 6.04 Å². The van der Waals surface area contributed by atoms with E-state index >= 15 is 0 Å². The average molecular weight is 441 g/mol. The van der Waals surface area contributed by atoms with Crippen molar-refractivity contribution in [2.24, 2.45) is 5.10 Å². The summed E-state index contributed by atoms with van der Waals surface area (Å²) in [5.74, 6) is 1.82. The Labute approximate surface area is 181 Å². The second-order valence-electron chi connectivity index (χ2n) is 8.03. The van der Waals surface area contributed by atoms with E-state index in [4.69, 9.17) is 20.0 Å². The van der Waals surface area contributed by atoms with Gasteiger partial charge in [0.2, 0.25) is 10.0 Å². The molecule has 0 aromatic heterocycles. The largest absolute Gasteiger partial charge is 0.486 e. The third kappa shape index (κ3) is 3.52. The molecule has 9 heteroatoms. The molecule has 2 aromatic rings. The number of hydrogen-bond donors (Lipinski definition) is 1. The summed E-state index contributed by atoms with van der Waals surface area (Å²) in [5, 5.41) is 14.7. The first-order valence-corrected chi connectivity index (χ1v) is 12.1. The Hall–Kier alpha value is -3.07. The second kappa shape index (κ2) is 7.26. The molecule has 0 fully saturated rings. The van der Waals surface area contributed by atoms with E-state index in [0.29, 0.717) is 38.4 Å². The predicted octanol–water partition coefficient (Wildman–Crippen LogP) is 2.93. The highest BCUT2D eigenvalue weighted by atomic mass is 32.2. The van der Waals surface area contributed by atoms with Crippen molar-refractivity contribution in [2.75, 3.05) is 30.3 Å². The van der Waals surface area contributed by atoms with Gasteiger partial charge < -0.3 is 9.47 Å². The molecule has 1 unspecified atom stereocenters. The van der Waals surface area contributed by atoms with Gasteiger partial charge in [0.15, 0.2) is 11.5 Å². The van der Waals surface area contributed by atoms with Gasteiger partial charge >= 0.3 is 0 Å². The fraction of sp³-hybridized carbons (Fsp3) is 0.364. The summed E-state index contributed by atoms with van der Waals surface area (Å²) in [5.41, 5.74) is 4.60. The van der Waals surface area contributed by atoms with Crippen LogP contribution in [-0.2, 0) is 16.4 Å². The van der Waals surface area contributed by atoms with Crippen LogP contribution >= 0.6 is 0 Å². The van der Waals surface area contributed by atoms with Crippen molar-refractivity contribution in [1.82, 2.24) is 5.01 Å². The lowest BCUT2D eigenvalue weighted by molar-refractivity contribution is 0.171. The SMILES string of the molecule is CC(=N)N1N=C(c2ccc3c(c2)CCN3S(C)(=O)=O)CC1c1ccc2c(c1)OCCO2. The van der Waals surface area contributed by atoms with E-state index in [1.165, 1.54) is 10.6 Å². The number of anilines is 1. The van der Waals surface area contributed by atoms with E-state index < -0.39 is 10.0 Å². The molecule has 2 aromatic carbocycles. The Kier molecular flexibility index (Phi) is 4.65. The molecule has 0 saturated carbocycles. The van der Waals surface area contributed by atoms with Gasteiger partial charge in [0.05, 0.1) is 23.7 Å². The lowest BCUT2D eigenvalue weighted by Crippen LogP contribution is -2.27. The Morgan fingerprint density at radius 3 is 2.65 bits per heavy atom. The number of hydrazone groups is 1. The van der Waals surface area contributed by atoms with Crippen LogP contribution in [0.5, 0.6) is 11.5 Å². The van der Waals surface area contributed by atoms with Gasteiger partial charge in [0.1, 0.15) is 19.0 Å². The third-order valence-electron chi connectivity index (χ3n) is 5.87. The topological polar surface area (TPSA) is 95.3 Å². The van der Waals surface area contributed by atoms with Crippen LogP contribution in [0.4, 0.5) is 5.69 Å². The molecule has 0 radical (unpaired) electrons. The Morgan fingerprint density at radius 2 is 1.90 bits per heavy atom. The van der Waals surface area contributed by atoms with Gasteiger partial charge in [-0.3, -0.25) is 9.71 Å². The highest BCUT2D eigenvalue weighted by Crippen LogP contribution is 2.39. The number of amidine groups is 1. The molecule has 0 saturated heterocycles. The fourth-order valence-electron chi connectivity index (χ4n) is 4.42. The maximum atomic E-state index is 12.0. The quantitative estimate of drug-likeness (QED) is 0.585. The molecule has 162 valence electrons. The Balaban J connectivity index is 1.45. The van der Waals surface area contributed by atoms with Crippen LogP contribution in [0.2, 0.25) is 0 Å². The Bertz CT molecular complexity index is 1210. The first-order valence-electron chi connectivity index (χ1n) is 10.2. The average Bonchev–Trinajstić information content (AvgIpc) is 3.37. The fourth-order valence-corrected chi connectivity index (χ4v) is 5.37. The van der Waals surface area contributed by atoms with E-state index in [1.54, 1.807) is 11.9 Å². The number of benzene rings is 2. The van der Waals surface area contributed by atoms with E-state index in [2.05, 4.69) is 0 Å². The molecule has 3 aliphatic heterocycles. The van der Waals surface area contributed by atoms with E-state index in [9.17, 15) is 8.42 Å². The van der Waals surface area contributed by atoms with Crippen LogP contribution < -0.4 is 13.8 Å². The van der Waals surface area contributed by atoms with Crippen molar-refractivity contribution in [3.05, 3.63) is 53.1 Å². The smallest absolute Gasteiger partial charge is 0.232 e. The van der Waals surface area contributed by atoms with Crippen LogP contribution in [0, 0.1) is 5.41 Å². The first kappa shape index (κ1) is 19.9. The van der Waals surface area contributed by atoms with Crippen LogP contribution in [0.3, 0.4) is 0 Å². The zero-order valence-corrected chi connectivity index (χ0v) is 18.3. The summed E-state index contributed by atoms with van der Waals surface area (Å²) in [4.78, 5) is 0. The summed E-state index contributed by atoms with van der Waals surface area (Å²) in [6, 6.07) is 11.6. The van der Waals surface area contributed by atoms with Crippen LogP contribution in [-0.4, -0.2) is 51.0 Å². The highest BCUT2D eigenvalue weighted by molar-refractivity contribution is 7.92. The van der Waals surface area contributed by atoms with Crippen molar-refractivity contribution < 1.29 is 17.9 Å². The van der Waals surface area contributed by atoms with Crippen LogP contribution in [0.25, 0.3) is 0 Å². The van der Waals surface area contributed by atoms with Crippen molar-refractivity contribution in [2.45, 2.75) is 25.8 Å². The number of ether oxygens (including phenoxy) is 2. The third-order valence-corrected chi connectivity index (χ3v) is 7.05. The van der Waals surface area contributed by atoms with Crippen molar-refractivity contribution in [3.63, 3.8) is 0 Å². The molecule has 0 amide bonds. The molecule has 1 atom stereocenters. The summed E-state index contributed by atoms with van der Waals surface area (Å²) in [7, 11) is -3.28. The van der Waals surface area contributed by atoms with Crippen LogP contribution in [0.1, 0.15) is 36.1 Å². The minimum absolute atomic E-state index is 0.107. The molecule has 8 nitrogen and oxygen atoms in total. The molecule has 0 aliphatic carbocycles. The van der Waals surface area contributed by atoms with E-state index in [0.717, 1.165) is 39.6 Å². The Morgan fingerprint density at radius 1 is 1.13 bits per heavy atom.